The molecule has 0 aliphatic carbocycles. The van der Waals surface area contributed by atoms with Gasteiger partial charge in [-0.1, -0.05) is 22.0 Å². The normalized spacial score (nSPS) is 10.8. The molecule has 1 aromatic carbocycles. The van der Waals surface area contributed by atoms with Crippen molar-refractivity contribution in [3.05, 3.63) is 62.9 Å². The van der Waals surface area contributed by atoms with Gasteiger partial charge in [0.25, 0.3) is 0 Å². The predicted octanol–water partition coefficient (Wildman–Crippen LogP) is 4.63. The largest absolute Gasteiger partial charge is 0.361 e. The fourth-order valence-electron chi connectivity index (χ4n) is 1.50. The Kier molecular flexibility index (Phi) is 4.33. The van der Waals surface area contributed by atoms with Crippen molar-refractivity contribution in [2.24, 2.45) is 0 Å². The zero-order valence-corrected chi connectivity index (χ0v) is 12.2. The number of allylic oxidation sites excluding steroid dienone is 1. The number of aryl methyl sites for hydroxylation is 1. The first-order valence-electron chi connectivity index (χ1n) is 5.44. The SMILES string of the molecule is Cc1cc(Br)ccc1N/C=C/C(=O)c1cccs1. The zero-order chi connectivity index (χ0) is 13.0. The highest BCUT2D eigenvalue weighted by atomic mass is 79.9. The van der Waals surface area contributed by atoms with Crippen molar-refractivity contribution in [2.75, 3.05) is 5.32 Å². The van der Waals surface area contributed by atoms with Gasteiger partial charge >= 0.3 is 0 Å². The maximum Gasteiger partial charge on any atom is 0.197 e. The van der Waals surface area contributed by atoms with Gasteiger partial charge in [0.15, 0.2) is 5.78 Å². The van der Waals surface area contributed by atoms with Crippen LogP contribution in [0.3, 0.4) is 0 Å². The maximum atomic E-state index is 11.7. The Labute approximate surface area is 118 Å². The van der Waals surface area contributed by atoms with Crippen molar-refractivity contribution in [1.82, 2.24) is 0 Å². The molecule has 0 radical (unpaired) electrons. The van der Waals surface area contributed by atoms with Crippen LogP contribution in [-0.4, -0.2) is 5.78 Å². The van der Waals surface area contributed by atoms with E-state index in [0.29, 0.717) is 0 Å². The summed E-state index contributed by atoms with van der Waals surface area (Å²) < 4.78 is 1.05. The van der Waals surface area contributed by atoms with E-state index in [1.807, 2.05) is 42.6 Å². The van der Waals surface area contributed by atoms with Gasteiger partial charge < -0.3 is 5.32 Å². The van der Waals surface area contributed by atoms with Gasteiger partial charge in [0.2, 0.25) is 0 Å². The van der Waals surface area contributed by atoms with Crippen LogP contribution >= 0.6 is 27.3 Å². The molecule has 0 aliphatic rings. The van der Waals surface area contributed by atoms with Crippen molar-refractivity contribution in [3.63, 3.8) is 0 Å². The van der Waals surface area contributed by atoms with Gasteiger partial charge in [0.1, 0.15) is 0 Å². The minimum Gasteiger partial charge on any atom is -0.361 e. The summed E-state index contributed by atoms with van der Waals surface area (Å²) >= 11 is 4.86. The second kappa shape index (κ2) is 5.98. The monoisotopic (exact) mass is 321 g/mol. The number of benzene rings is 1. The van der Waals surface area contributed by atoms with Gasteiger partial charge in [0.05, 0.1) is 4.88 Å². The van der Waals surface area contributed by atoms with E-state index < -0.39 is 0 Å². The molecule has 1 N–H and O–H groups in total. The number of nitrogens with one attached hydrogen (secondary N) is 1. The van der Waals surface area contributed by atoms with E-state index in [2.05, 4.69) is 21.2 Å². The Morgan fingerprint density at radius 1 is 1.39 bits per heavy atom. The number of ketones is 1. The molecule has 0 spiro atoms. The second-order valence-electron chi connectivity index (χ2n) is 3.78. The molecule has 0 fully saturated rings. The zero-order valence-electron chi connectivity index (χ0n) is 9.81. The number of thiophene rings is 1. The van der Waals surface area contributed by atoms with E-state index in [1.54, 1.807) is 12.3 Å². The summed E-state index contributed by atoms with van der Waals surface area (Å²) in [7, 11) is 0. The molecule has 92 valence electrons. The molecule has 0 saturated carbocycles. The number of carbonyl (C=O) groups excluding carboxylic acids is 1. The molecular formula is C14H12BrNOS. The Bertz CT molecular complexity index is 575. The number of hydrogen-bond acceptors (Lipinski definition) is 3. The lowest BCUT2D eigenvalue weighted by atomic mass is 10.2. The van der Waals surface area contributed by atoms with Crippen LogP contribution in [0, 0.1) is 6.92 Å². The summed E-state index contributed by atoms with van der Waals surface area (Å²) in [6, 6.07) is 9.65. The average Bonchev–Trinajstić information content (AvgIpc) is 2.85. The van der Waals surface area contributed by atoms with Crippen LogP contribution in [0.15, 0.2) is 52.5 Å². The van der Waals surface area contributed by atoms with Gasteiger partial charge in [-0.05, 0) is 42.1 Å². The van der Waals surface area contributed by atoms with E-state index in [0.717, 1.165) is 20.6 Å². The summed E-state index contributed by atoms with van der Waals surface area (Å²) in [6.45, 7) is 2.02. The quantitative estimate of drug-likeness (QED) is 0.657. The lowest BCUT2D eigenvalue weighted by Gasteiger charge is -2.05. The fourth-order valence-corrected chi connectivity index (χ4v) is 2.62. The van der Waals surface area contributed by atoms with Crippen molar-refractivity contribution < 1.29 is 4.79 Å². The van der Waals surface area contributed by atoms with E-state index in [-0.39, 0.29) is 5.78 Å². The summed E-state index contributed by atoms with van der Waals surface area (Å²) in [4.78, 5) is 12.5. The van der Waals surface area contributed by atoms with Gasteiger partial charge in [-0.25, -0.2) is 0 Å². The highest BCUT2D eigenvalue weighted by Gasteiger charge is 2.01. The molecule has 0 unspecified atom stereocenters. The summed E-state index contributed by atoms with van der Waals surface area (Å²) in [5, 5.41) is 5.01. The standard InChI is InChI=1S/C14H12BrNOS/c1-10-9-11(15)4-5-12(10)16-7-6-13(17)14-3-2-8-18-14/h2-9,16H,1H3/b7-6+. The van der Waals surface area contributed by atoms with Crippen molar-refractivity contribution >= 4 is 38.7 Å². The third-order valence-corrected chi connectivity index (χ3v) is 3.80. The van der Waals surface area contributed by atoms with Crippen LogP contribution in [-0.2, 0) is 0 Å². The van der Waals surface area contributed by atoms with Crippen LogP contribution in [0.5, 0.6) is 0 Å². The molecule has 2 aromatic rings. The van der Waals surface area contributed by atoms with E-state index in [4.69, 9.17) is 0 Å². The number of hydrogen-bond donors (Lipinski definition) is 1. The maximum absolute atomic E-state index is 11.7. The second-order valence-corrected chi connectivity index (χ2v) is 5.64. The van der Waals surface area contributed by atoms with Crippen LogP contribution in [0.2, 0.25) is 0 Å². The topological polar surface area (TPSA) is 29.1 Å². The molecule has 4 heteroatoms. The van der Waals surface area contributed by atoms with E-state index >= 15 is 0 Å². The number of rotatable bonds is 4. The van der Waals surface area contributed by atoms with E-state index in [9.17, 15) is 4.79 Å². The van der Waals surface area contributed by atoms with Crippen LogP contribution < -0.4 is 5.32 Å². The lowest BCUT2D eigenvalue weighted by molar-refractivity contribution is 0.105. The van der Waals surface area contributed by atoms with Crippen molar-refractivity contribution in [2.45, 2.75) is 6.92 Å². The molecule has 18 heavy (non-hydrogen) atoms. The summed E-state index contributed by atoms with van der Waals surface area (Å²) in [5.74, 6) is 0.0206. The minimum atomic E-state index is 0.0206. The van der Waals surface area contributed by atoms with Crippen molar-refractivity contribution in [1.29, 1.82) is 0 Å². The highest BCUT2D eigenvalue weighted by Crippen LogP contribution is 2.20. The smallest absolute Gasteiger partial charge is 0.197 e. The molecule has 1 aromatic heterocycles. The molecule has 0 amide bonds. The minimum absolute atomic E-state index is 0.0206. The van der Waals surface area contributed by atoms with Crippen LogP contribution in [0.1, 0.15) is 15.2 Å². The van der Waals surface area contributed by atoms with Gasteiger partial charge in [0, 0.05) is 22.4 Å². The first-order valence-corrected chi connectivity index (χ1v) is 7.11. The Morgan fingerprint density at radius 3 is 2.89 bits per heavy atom. The Hall–Kier alpha value is -1.39. The molecule has 0 bridgehead atoms. The van der Waals surface area contributed by atoms with Crippen LogP contribution in [0.4, 0.5) is 5.69 Å². The average molecular weight is 322 g/mol. The van der Waals surface area contributed by atoms with Crippen molar-refractivity contribution in [3.8, 4) is 0 Å². The Morgan fingerprint density at radius 2 is 2.22 bits per heavy atom. The lowest BCUT2D eigenvalue weighted by Crippen LogP contribution is -1.94. The molecule has 2 nitrogen and oxygen atoms in total. The van der Waals surface area contributed by atoms with Gasteiger partial charge in [-0.2, -0.15) is 0 Å². The number of anilines is 1. The summed E-state index contributed by atoms with van der Waals surface area (Å²) in [6.07, 6.45) is 3.23. The molecule has 2 rings (SSSR count). The third kappa shape index (κ3) is 3.31. The van der Waals surface area contributed by atoms with Gasteiger partial charge in [-0.15, -0.1) is 11.3 Å². The number of halogens is 1. The molecule has 0 atom stereocenters. The first kappa shape index (κ1) is 13.1. The Balaban J connectivity index is 2.01. The number of carbonyl (C=O) groups is 1. The molecule has 0 aliphatic heterocycles. The molecule has 1 heterocycles. The third-order valence-electron chi connectivity index (χ3n) is 2.43. The van der Waals surface area contributed by atoms with Crippen LogP contribution in [0.25, 0.3) is 0 Å². The highest BCUT2D eigenvalue weighted by molar-refractivity contribution is 9.10. The molecule has 0 saturated heterocycles. The fraction of sp³-hybridized carbons (Fsp3) is 0.0714. The van der Waals surface area contributed by atoms with E-state index in [1.165, 1.54) is 11.3 Å². The predicted molar refractivity (Wildman–Crippen MR) is 80.3 cm³/mol. The van der Waals surface area contributed by atoms with Gasteiger partial charge in [-0.3, -0.25) is 4.79 Å². The summed E-state index contributed by atoms with van der Waals surface area (Å²) in [5.41, 5.74) is 2.12. The first-order chi connectivity index (χ1) is 8.66. The molecular weight excluding hydrogens is 310 g/mol.